The van der Waals surface area contributed by atoms with Crippen LogP contribution in [0.5, 0.6) is 0 Å². The second-order valence-corrected chi connectivity index (χ2v) is 4.40. The van der Waals surface area contributed by atoms with E-state index in [-0.39, 0.29) is 12.4 Å². The third-order valence-corrected chi connectivity index (χ3v) is 2.63. The first-order valence-electron chi connectivity index (χ1n) is 4.97. The Kier molecular flexibility index (Phi) is 3.72. The number of rotatable bonds is 3. The van der Waals surface area contributed by atoms with Crippen LogP contribution in [0.4, 0.5) is 0 Å². The van der Waals surface area contributed by atoms with Crippen molar-refractivity contribution < 1.29 is 14.1 Å². The molecule has 88 valence electrons. The topological polar surface area (TPSA) is 65.2 Å². The minimum atomic E-state index is -0.576. The highest BCUT2D eigenvalue weighted by atomic mass is 127. The number of ether oxygens (including phenoxy) is 1. The van der Waals surface area contributed by atoms with Crippen LogP contribution in [0.1, 0.15) is 17.5 Å². The molecule has 6 heteroatoms. The summed E-state index contributed by atoms with van der Waals surface area (Å²) in [6.07, 6.45) is 0. The summed E-state index contributed by atoms with van der Waals surface area (Å²) in [6, 6.07) is 7.56. The Morgan fingerprint density at radius 2 is 2.35 bits per heavy atom. The zero-order valence-electron chi connectivity index (χ0n) is 9.01. The third kappa shape index (κ3) is 2.82. The van der Waals surface area contributed by atoms with Crippen LogP contribution in [0.15, 0.2) is 28.8 Å². The van der Waals surface area contributed by atoms with Gasteiger partial charge in [0, 0.05) is 9.13 Å². The molecule has 2 aromatic rings. The Bertz CT molecular complexity index is 539. The summed E-state index contributed by atoms with van der Waals surface area (Å²) in [7, 11) is 0. The molecule has 0 radical (unpaired) electrons. The van der Waals surface area contributed by atoms with Crippen molar-refractivity contribution in [1.82, 2.24) is 10.1 Å². The van der Waals surface area contributed by atoms with E-state index >= 15 is 0 Å². The average molecular weight is 344 g/mol. The molecule has 1 aromatic heterocycles. The van der Waals surface area contributed by atoms with Crippen LogP contribution < -0.4 is 0 Å². The molecule has 0 saturated heterocycles. The highest BCUT2D eigenvalue weighted by Gasteiger charge is 2.16. The van der Waals surface area contributed by atoms with E-state index in [1.165, 1.54) is 0 Å². The van der Waals surface area contributed by atoms with E-state index in [9.17, 15) is 4.79 Å². The Morgan fingerprint density at radius 1 is 1.53 bits per heavy atom. The van der Waals surface area contributed by atoms with Crippen LogP contribution in [0.2, 0.25) is 0 Å². The van der Waals surface area contributed by atoms with Gasteiger partial charge in [-0.25, -0.2) is 4.79 Å². The van der Waals surface area contributed by atoms with Gasteiger partial charge in [0.05, 0.1) is 6.61 Å². The Morgan fingerprint density at radius 3 is 3.06 bits per heavy atom. The van der Waals surface area contributed by atoms with Crippen molar-refractivity contribution in [2.45, 2.75) is 6.92 Å². The van der Waals surface area contributed by atoms with Gasteiger partial charge in [-0.3, -0.25) is 0 Å². The summed E-state index contributed by atoms with van der Waals surface area (Å²) in [5, 5.41) is 3.58. The average Bonchev–Trinajstić information content (AvgIpc) is 2.78. The molecular formula is C11H9IN2O3. The van der Waals surface area contributed by atoms with E-state index in [1.54, 1.807) is 6.92 Å². The molecule has 17 heavy (non-hydrogen) atoms. The maximum Gasteiger partial charge on any atom is 0.379 e. The van der Waals surface area contributed by atoms with Crippen LogP contribution in [0.25, 0.3) is 11.5 Å². The van der Waals surface area contributed by atoms with E-state index in [2.05, 4.69) is 32.7 Å². The van der Waals surface area contributed by atoms with Crippen LogP contribution >= 0.6 is 22.6 Å². The lowest BCUT2D eigenvalue weighted by molar-refractivity contribution is 0.0508. The number of carbonyl (C=O) groups excluding carboxylic acids is 1. The van der Waals surface area contributed by atoms with Crippen molar-refractivity contribution in [3.63, 3.8) is 0 Å². The maximum atomic E-state index is 11.3. The number of esters is 1. The molecule has 2 rings (SSSR count). The summed E-state index contributed by atoms with van der Waals surface area (Å²) >= 11 is 2.18. The summed E-state index contributed by atoms with van der Waals surface area (Å²) in [6.45, 7) is 2.00. The standard InChI is InChI=1S/C11H9IN2O3/c1-2-16-11(15)9-13-10(17-14-9)7-4-3-5-8(12)6-7/h3-6H,2H2,1H3. The van der Waals surface area contributed by atoms with Crippen LogP contribution in [-0.4, -0.2) is 22.7 Å². The van der Waals surface area contributed by atoms with Gasteiger partial charge in [-0.15, -0.1) is 0 Å². The number of hydrogen-bond acceptors (Lipinski definition) is 5. The maximum absolute atomic E-state index is 11.3. The molecule has 0 bridgehead atoms. The third-order valence-electron chi connectivity index (χ3n) is 1.96. The minimum Gasteiger partial charge on any atom is -0.460 e. The monoisotopic (exact) mass is 344 g/mol. The van der Waals surface area contributed by atoms with E-state index in [1.807, 2.05) is 24.3 Å². The van der Waals surface area contributed by atoms with Crippen LogP contribution in [0, 0.1) is 3.57 Å². The molecule has 0 aliphatic rings. The van der Waals surface area contributed by atoms with E-state index in [0.29, 0.717) is 5.89 Å². The summed E-state index contributed by atoms with van der Waals surface area (Å²) in [5.41, 5.74) is 0.778. The molecule has 5 nitrogen and oxygen atoms in total. The van der Waals surface area contributed by atoms with Gasteiger partial charge in [0.25, 0.3) is 11.7 Å². The first-order chi connectivity index (χ1) is 8.20. The first kappa shape index (κ1) is 12.0. The number of benzene rings is 1. The van der Waals surface area contributed by atoms with Crippen molar-refractivity contribution in [1.29, 1.82) is 0 Å². The molecule has 0 spiro atoms. The lowest BCUT2D eigenvalue weighted by atomic mass is 10.2. The van der Waals surface area contributed by atoms with Crippen LogP contribution in [-0.2, 0) is 4.74 Å². The number of nitrogens with zero attached hydrogens (tertiary/aromatic N) is 2. The molecule has 0 saturated carbocycles. The Balaban J connectivity index is 2.27. The quantitative estimate of drug-likeness (QED) is 0.632. The van der Waals surface area contributed by atoms with Gasteiger partial charge >= 0.3 is 5.97 Å². The van der Waals surface area contributed by atoms with Gasteiger partial charge in [-0.1, -0.05) is 6.07 Å². The Labute approximate surface area is 111 Å². The molecule has 0 amide bonds. The van der Waals surface area contributed by atoms with Gasteiger partial charge < -0.3 is 9.26 Å². The van der Waals surface area contributed by atoms with E-state index in [4.69, 9.17) is 9.26 Å². The lowest BCUT2D eigenvalue weighted by Gasteiger charge is -1.94. The zero-order chi connectivity index (χ0) is 12.3. The van der Waals surface area contributed by atoms with Crippen molar-refractivity contribution in [2.75, 3.05) is 6.61 Å². The molecule has 0 aliphatic heterocycles. The predicted molar refractivity (Wildman–Crippen MR) is 68.4 cm³/mol. The molecule has 1 aromatic carbocycles. The number of carbonyl (C=O) groups is 1. The normalized spacial score (nSPS) is 10.2. The smallest absolute Gasteiger partial charge is 0.379 e. The molecule has 0 aliphatic carbocycles. The van der Waals surface area contributed by atoms with E-state index in [0.717, 1.165) is 9.13 Å². The second-order valence-electron chi connectivity index (χ2n) is 3.15. The van der Waals surface area contributed by atoms with Gasteiger partial charge in [-0.2, -0.15) is 4.98 Å². The highest BCUT2D eigenvalue weighted by Crippen LogP contribution is 2.19. The Hall–Kier alpha value is -1.44. The zero-order valence-corrected chi connectivity index (χ0v) is 11.2. The van der Waals surface area contributed by atoms with Gasteiger partial charge in [0.1, 0.15) is 0 Å². The molecule has 0 fully saturated rings. The van der Waals surface area contributed by atoms with Crippen LogP contribution in [0.3, 0.4) is 0 Å². The number of hydrogen-bond donors (Lipinski definition) is 0. The molecular weight excluding hydrogens is 335 g/mol. The van der Waals surface area contributed by atoms with Gasteiger partial charge in [-0.05, 0) is 52.9 Å². The fourth-order valence-electron chi connectivity index (χ4n) is 1.24. The van der Waals surface area contributed by atoms with Crippen molar-refractivity contribution in [2.24, 2.45) is 0 Å². The van der Waals surface area contributed by atoms with Crippen molar-refractivity contribution in [3.8, 4) is 11.5 Å². The van der Waals surface area contributed by atoms with Crippen molar-refractivity contribution in [3.05, 3.63) is 33.7 Å². The fourth-order valence-corrected chi connectivity index (χ4v) is 1.78. The molecule has 0 unspecified atom stereocenters. The number of halogens is 1. The van der Waals surface area contributed by atoms with E-state index < -0.39 is 5.97 Å². The highest BCUT2D eigenvalue weighted by molar-refractivity contribution is 14.1. The predicted octanol–water partition coefficient (Wildman–Crippen LogP) is 2.52. The minimum absolute atomic E-state index is 0.0549. The molecule has 0 atom stereocenters. The van der Waals surface area contributed by atoms with Crippen molar-refractivity contribution >= 4 is 28.6 Å². The summed E-state index contributed by atoms with van der Waals surface area (Å²) in [4.78, 5) is 15.3. The first-order valence-corrected chi connectivity index (χ1v) is 6.05. The fraction of sp³-hybridized carbons (Fsp3) is 0.182. The van der Waals surface area contributed by atoms with Gasteiger partial charge in [0.2, 0.25) is 0 Å². The second kappa shape index (κ2) is 5.26. The lowest BCUT2D eigenvalue weighted by Crippen LogP contribution is -2.06. The molecule has 1 heterocycles. The largest absolute Gasteiger partial charge is 0.460 e. The SMILES string of the molecule is CCOC(=O)c1noc(-c2cccc(I)c2)n1. The summed E-state index contributed by atoms with van der Waals surface area (Å²) < 4.78 is 10.8. The number of aromatic nitrogens is 2. The molecule has 0 N–H and O–H groups in total. The van der Waals surface area contributed by atoms with Gasteiger partial charge in [0.15, 0.2) is 0 Å². The summed E-state index contributed by atoms with van der Waals surface area (Å²) in [5.74, 6) is -0.319.